The zero-order valence-corrected chi connectivity index (χ0v) is 15.9. The van der Waals surface area contributed by atoms with Crippen molar-refractivity contribution < 1.29 is 9.53 Å². The van der Waals surface area contributed by atoms with Crippen molar-refractivity contribution in [2.24, 2.45) is 0 Å². The van der Waals surface area contributed by atoms with Gasteiger partial charge in [0.05, 0.1) is 6.04 Å². The molecule has 1 unspecified atom stereocenters. The summed E-state index contributed by atoms with van der Waals surface area (Å²) in [5, 5.41) is 0.643. The number of nitrogens with zero attached hydrogens (tertiary/aromatic N) is 2. The van der Waals surface area contributed by atoms with E-state index in [1.165, 1.54) is 5.56 Å². The van der Waals surface area contributed by atoms with Gasteiger partial charge in [0.2, 0.25) is 0 Å². The second kappa shape index (κ2) is 7.49. The van der Waals surface area contributed by atoms with Gasteiger partial charge in [-0.3, -0.25) is 4.79 Å². The number of benzene rings is 2. The number of fused-ring (bicyclic) bond motifs is 1. The largest absolute Gasteiger partial charge is 0.484 e. The number of hydrogen-bond donors (Lipinski definition) is 0. The van der Waals surface area contributed by atoms with Crippen LogP contribution in [0.4, 0.5) is 0 Å². The van der Waals surface area contributed by atoms with Crippen molar-refractivity contribution in [3.8, 4) is 5.75 Å². The molecule has 0 fully saturated rings. The summed E-state index contributed by atoms with van der Waals surface area (Å²) in [5.41, 5.74) is 3.44. The van der Waals surface area contributed by atoms with Crippen LogP contribution in [0.15, 0.2) is 66.9 Å². The Balaban J connectivity index is 1.57. The summed E-state index contributed by atoms with van der Waals surface area (Å²) in [6.07, 6.45) is 2.07. The van der Waals surface area contributed by atoms with E-state index < -0.39 is 0 Å². The summed E-state index contributed by atoms with van der Waals surface area (Å²) in [5.74, 6) is 0.614. The monoisotopic (exact) mass is 380 g/mol. The standard InChI is InChI=1S/C22H21ClN2O2/c1-16-4-6-17(7-5-16)22-20-3-2-12-24(20)13-14-25(22)21(26)15-27-19-10-8-18(23)9-11-19/h2-12,22H,13-15H2,1H3. The van der Waals surface area contributed by atoms with Crippen LogP contribution in [-0.4, -0.2) is 28.5 Å². The first kappa shape index (κ1) is 17.7. The van der Waals surface area contributed by atoms with Crippen molar-refractivity contribution in [1.29, 1.82) is 0 Å². The van der Waals surface area contributed by atoms with Crippen molar-refractivity contribution in [2.75, 3.05) is 13.2 Å². The van der Waals surface area contributed by atoms with E-state index in [0.29, 0.717) is 17.3 Å². The van der Waals surface area contributed by atoms with Crippen LogP contribution in [0.2, 0.25) is 5.02 Å². The third-order valence-electron chi connectivity index (χ3n) is 4.93. The molecule has 0 spiro atoms. The predicted octanol–water partition coefficient (Wildman–Crippen LogP) is 4.46. The fourth-order valence-corrected chi connectivity index (χ4v) is 3.64. The second-order valence-corrected chi connectivity index (χ2v) is 7.21. The van der Waals surface area contributed by atoms with Crippen molar-refractivity contribution in [3.05, 3.63) is 88.7 Å². The normalized spacial score (nSPS) is 16.1. The van der Waals surface area contributed by atoms with Gasteiger partial charge in [-0.05, 0) is 48.9 Å². The first-order valence-corrected chi connectivity index (χ1v) is 9.39. The molecule has 1 aliphatic heterocycles. The summed E-state index contributed by atoms with van der Waals surface area (Å²) in [7, 11) is 0. The lowest BCUT2D eigenvalue weighted by molar-refractivity contribution is -0.136. The molecule has 0 aliphatic carbocycles. The summed E-state index contributed by atoms with van der Waals surface area (Å²) in [6, 6.07) is 19.5. The Morgan fingerprint density at radius 1 is 1.07 bits per heavy atom. The number of hydrogen-bond acceptors (Lipinski definition) is 2. The van der Waals surface area contributed by atoms with Crippen LogP contribution >= 0.6 is 11.6 Å². The number of aryl methyl sites for hydroxylation is 1. The van der Waals surface area contributed by atoms with Gasteiger partial charge < -0.3 is 14.2 Å². The lowest BCUT2D eigenvalue weighted by Crippen LogP contribution is -2.44. The summed E-state index contributed by atoms with van der Waals surface area (Å²) in [4.78, 5) is 14.9. The summed E-state index contributed by atoms with van der Waals surface area (Å²) >= 11 is 5.90. The van der Waals surface area contributed by atoms with Crippen molar-refractivity contribution in [2.45, 2.75) is 19.5 Å². The molecule has 2 heterocycles. The summed E-state index contributed by atoms with van der Waals surface area (Å²) in [6.45, 7) is 3.52. The van der Waals surface area contributed by atoms with Crippen LogP contribution in [0.3, 0.4) is 0 Å². The average molecular weight is 381 g/mol. The quantitative estimate of drug-likeness (QED) is 0.669. The van der Waals surface area contributed by atoms with Gasteiger partial charge in [-0.2, -0.15) is 0 Å². The highest BCUT2D eigenvalue weighted by Gasteiger charge is 2.32. The topological polar surface area (TPSA) is 34.5 Å². The molecule has 0 radical (unpaired) electrons. The molecule has 1 amide bonds. The first-order valence-electron chi connectivity index (χ1n) is 9.01. The Hall–Kier alpha value is -2.72. The van der Waals surface area contributed by atoms with E-state index >= 15 is 0 Å². The zero-order valence-electron chi connectivity index (χ0n) is 15.1. The van der Waals surface area contributed by atoms with Gasteiger partial charge in [0.15, 0.2) is 6.61 Å². The molecule has 0 bridgehead atoms. The van der Waals surface area contributed by atoms with Gasteiger partial charge in [0.25, 0.3) is 5.91 Å². The minimum absolute atomic E-state index is 0.00466. The minimum atomic E-state index is -0.101. The highest BCUT2D eigenvalue weighted by atomic mass is 35.5. The second-order valence-electron chi connectivity index (χ2n) is 6.77. The van der Waals surface area contributed by atoms with E-state index in [0.717, 1.165) is 17.8 Å². The van der Waals surface area contributed by atoms with Gasteiger partial charge >= 0.3 is 0 Å². The van der Waals surface area contributed by atoms with Crippen LogP contribution in [0.5, 0.6) is 5.75 Å². The number of carbonyl (C=O) groups excluding carboxylic acids is 1. The fourth-order valence-electron chi connectivity index (χ4n) is 3.51. The smallest absolute Gasteiger partial charge is 0.261 e. The van der Waals surface area contributed by atoms with E-state index in [9.17, 15) is 4.79 Å². The van der Waals surface area contributed by atoms with Gasteiger partial charge in [-0.25, -0.2) is 0 Å². The van der Waals surface area contributed by atoms with Crippen LogP contribution < -0.4 is 4.74 Å². The minimum Gasteiger partial charge on any atom is -0.484 e. The highest BCUT2D eigenvalue weighted by molar-refractivity contribution is 6.30. The highest BCUT2D eigenvalue weighted by Crippen LogP contribution is 2.32. The Kier molecular flexibility index (Phi) is 4.90. The van der Waals surface area contributed by atoms with Crippen LogP contribution in [-0.2, 0) is 11.3 Å². The zero-order chi connectivity index (χ0) is 18.8. The van der Waals surface area contributed by atoms with Crippen molar-refractivity contribution >= 4 is 17.5 Å². The molecule has 138 valence electrons. The lowest BCUT2D eigenvalue weighted by atomic mass is 9.99. The van der Waals surface area contributed by atoms with Gasteiger partial charge in [-0.15, -0.1) is 0 Å². The van der Waals surface area contributed by atoms with Crippen LogP contribution in [0.1, 0.15) is 22.9 Å². The molecular weight excluding hydrogens is 360 g/mol. The lowest BCUT2D eigenvalue weighted by Gasteiger charge is -2.37. The fraction of sp³-hybridized carbons (Fsp3) is 0.227. The molecule has 0 N–H and O–H groups in total. The van der Waals surface area contributed by atoms with Gasteiger partial charge in [-0.1, -0.05) is 41.4 Å². The maximum Gasteiger partial charge on any atom is 0.261 e. The number of amides is 1. The Bertz CT molecular complexity index is 932. The number of ether oxygens (including phenoxy) is 1. The van der Waals surface area contributed by atoms with Gasteiger partial charge in [0, 0.05) is 30.0 Å². The number of rotatable bonds is 4. The molecule has 4 nitrogen and oxygen atoms in total. The predicted molar refractivity (Wildman–Crippen MR) is 106 cm³/mol. The Morgan fingerprint density at radius 3 is 2.56 bits per heavy atom. The third-order valence-corrected chi connectivity index (χ3v) is 5.18. The number of halogens is 1. The molecule has 1 aliphatic rings. The van der Waals surface area contributed by atoms with Crippen molar-refractivity contribution in [3.63, 3.8) is 0 Å². The Morgan fingerprint density at radius 2 is 1.81 bits per heavy atom. The van der Waals surface area contributed by atoms with E-state index in [1.807, 2.05) is 11.0 Å². The third kappa shape index (κ3) is 3.71. The maximum absolute atomic E-state index is 13.0. The molecule has 1 atom stereocenters. The van der Waals surface area contributed by atoms with E-state index in [1.54, 1.807) is 24.3 Å². The molecule has 5 heteroatoms. The molecule has 3 aromatic rings. The number of aromatic nitrogens is 1. The molecule has 2 aromatic carbocycles. The molecule has 1 aromatic heterocycles. The van der Waals surface area contributed by atoms with Crippen molar-refractivity contribution in [1.82, 2.24) is 9.47 Å². The molecular formula is C22H21ClN2O2. The van der Waals surface area contributed by atoms with E-state index in [-0.39, 0.29) is 18.6 Å². The van der Waals surface area contributed by atoms with Gasteiger partial charge in [0.1, 0.15) is 5.75 Å². The SMILES string of the molecule is Cc1ccc(C2c3cccn3CCN2C(=O)COc2ccc(Cl)cc2)cc1. The average Bonchev–Trinajstić information content (AvgIpc) is 3.16. The van der Waals surface area contributed by atoms with E-state index in [4.69, 9.17) is 16.3 Å². The molecule has 0 saturated carbocycles. The van der Waals surface area contributed by atoms with Crippen LogP contribution in [0, 0.1) is 6.92 Å². The first-order chi connectivity index (χ1) is 13.1. The molecule has 0 saturated heterocycles. The molecule has 27 heavy (non-hydrogen) atoms. The maximum atomic E-state index is 13.0. The number of carbonyl (C=O) groups is 1. The summed E-state index contributed by atoms with van der Waals surface area (Å²) < 4.78 is 7.91. The van der Waals surface area contributed by atoms with E-state index in [2.05, 4.69) is 48.0 Å². The van der Waals surface area contributed by atoms with Crippen LogP contribution in [0.25, 0.3) is 0 Å². The molecule has 4 rings (SSSR count). The Labute approximate surface area is 163 Å².